The van der Waals surface area contributed by atoms with E-state index in [4.69, 9.17) is 16.6 Å². The van der Waals surface area contributed by atoms with Gasteiger partial charge in [-0.3, -0.25) is 4.90 Å². The number of hydrogen-bond acceptors (Lipinski definition) is 5. The SMILES string of the molecule is Clc1ccccc1CNc1ccnc(N2CCN(Cc3ccccc3)CC2)n1. The van der Waals surface area contributed by atoms with E-state index in [0.29, 0.717) is 6.54 Å². The van der Waals surface area contributed by atoms with Crippen molar-refractivity contribution in [3.8, 4) is 0 Å². The van der Waals surface area contributed by atoms with Gasteiger partial charge in [0.1, 0.15) is 5.82 Å². The molecule has 3 aromatic rings. The minimum atomic E-state index is 0.640. The predicted molar refractivity (Wildman–Crippen MR) is 115 cm³/mol. The van der Waals surface area contributed by atoms with E-state index < -0.39 is 0 Å². The molecule has 5 nitrogen and oxygen atoms in total. The van der Waals surface area contributed by atoms with E-state index in [1.807, 2.05) is 36.5 Å². The van der Waals surface area contributed by atoms with Gasteiger partial charge in [-0.25, -0.2) is 4.98 Å². The van der Waals surface area contributed by atoms with Crippen LogP contribution in [0.2, 0.25) is 5.02 Å². The molecule has 4 rings (SSSR count). The molecule has 1 aliphatic rings. The first-order valence-corrected chi connectivity index (χ1v) is 9.97. The maximum atomic E-state index is 6.23. The number of halogens is 1. The molecule has 0 saturated carbocycles. The molecule has 0 radical (unpaired) electrons. The lowest BCUT2D eigenvalue weighted by atomic mass is 10.2. The van der Waals surface area contributed by atoms with Crippen LogP contribution in [-0.2, 0) is 13.1 Å². The van der Waals surface area contributed by atoms with Crippen LogP contribution in [0, 0.1) is 0 Å². The summed E-state index contributed by atoms with van der Waals surface area (Å²) in [6, 6.07) is 20.4. The van der Waals surface area contributed by atoms with Gasteiger partial charge in [-0.05, 0) is 23.3 Å². The van der Waals surface area contributed by atoms with Crippen LogP contribution in [0.4, 0.5) is 11.8 Å². The minimum absolute atomic E-state index is 0.640. The van der Waals surface area contributed by atoms with E-state index in [0.717, 1.165) is 55.1 Å². The second-order valence-corrected chi connectivity index (χ2v) is 7.34. The molecule has 6 heteroatoms. The molecule has 1 aliphatic heterocycles. The van der Waals surface area contributed by atoms with Crippen LogP contribution in [0.3, 0.4) is 0 Å². The van der Waals surface area contributed by atoms with Gasteiger partial charge in [-0.15, -0.1) is 0 Å². The Balaban J connectivity index is 1.33. The van der Waals surface area contributed by atoms with Crippen LogP contribution in [0.15, 0.2) is 66.9 Å². The lowest BCUT2D eigenvalue weighted by Gasteiger charge is -2.34. The Bertz CT molecular complexity index is 894. The highest BCUT2D eigenvalue weighted by atomic mass is 35.5. The van der Waals surface area contributed by atoms with Crippen molar-refractivity contribution >= 4 is 23.4 Å². The third-order valence-corrected chi connectivity index (χ3v) is 5.33. The summed E-state index contributed by atoms with van der Waals surface area (Å²) in [5.74, 6) is 1.60. The highest BCUT2D eigenvalue weighted by molar-refractivity contribution is 6.31. The number of piperazine rings is 1. The molecule has 1 N–H and O–H groups in total. The summed E-state index contributed by atoms with van der Waals surface area (Å²) in [5.41, 5.74) is 2.41. The van der Waals surface area contributed by atoms with Crippen molar-refractivity contribution in [3.63, 3.8) is 0 Å². The van der Waals surface area contributed by atoms with Crippen molar-refractivity contribution in [2.75, 3.05) is 36.4 Å². The molecular formula is C22H24ClN5. The first-order valence-electron chi connectivity index (χ1n) is 9.59. The van der Waals surface area contributed by atoms with E-state index in [1.165, 1.54) is 5.56 Å². The molecule has 0 aliphatic carbocycles. The maximum absolute atomic E-state index is 6.23. The minimum Gasteiger partial charge on any atom is -0.366 e. The Kier molecular flexibility index (Phi) is 6.04. The highest BCUT2D eigenvalue weighted by Gasteiger charge is 2.19. The number of nitrogens with one attached hydrogen (secondary N) is 1. The quantitative estimate of drug-likeness (QED) is 0.684. The Morgan fingerprint density at radius 2 is 1.64 bits per heavy atom. The molecule has 0 bridgehead atoms. The zero-order valence-electron chi connectivity index (χ0n) is 15.8. The molecule has 1 aromatic heterocycles. The van der Waals surface area contributed by atoms with Crippen molar-refractivity contribution < 1.29 is 0 Å². The van der Waals surface area contributed by atoms with Gasteiger partial charge in [0.25, 0.3) is 0 Å². The molecule has 1 saturated heterocycles. The van der Waals surface area contributed by atoms with Gasteiger partial charge in [0.2, 0.25) is 5.95 Å². The first-order chi connectivity index (χ1) is 13.8. The molecule has 0 amide bonds. The summed E-state index contributed by atoms with van der Waals surface area (Å²) in [7, 11) is 0. The summed E-state index contributed by atoms with van der Waals surface area (Å²) >= 11 is 6.23. The van der Waals surface area contributed by atoms with Crippen molar-refractivity contribution in [2.24, 2.45) is 0 Å². The van der Waals surface area contributed by atoms with Crippen LogP contribution in [0.1, 0.15) is 11.1 Å². The topological polar surface area (TPSA) is 44.3 Å². The molecule has 0 unspecified atom stereocenters. The second-order valence-electron chi connectivity index (χ2n) is 6.94. The van der Waals surface area contributed by atoms with Crippen molar-refractivity contribution in [2.45, 2.75) is 13.1 Å². The van der Waals surface area contributed by atoms with Crippen molar-refractivity contribution in [1.29, 1.82) is 0 Å². The zero-order chi connectivity index (χ0) is 19.2. The second kappa shape index (κ2) is 9.04. The van der Waals surface area contributed by atoms with Gasteiger partial charge in [0.15, 0.2) is 0 Å². The largest absolute Gasteiger partial charge is 0.366 e. The summed E-state index contributed by atoms with van der Waals surface area (Å²) < 4.78 is 0. The monoisotopic (exact) mass is 393 g/mol. The fourth-order valence-electron chi connectivity index (χ4n) is 3.37. The van der Waals surface area contributed by atoms with E-state index in [2.05, 4.69) is 50.4 Å². The smallest absolute Gasteiger partial charge is 0.227 e. The van der Waals surface area contributed by atoms with Crippen LogP contribution in [0.5, 0.6) is 0 Å². The van der Waals surface area contributed by atoms with Gasteiger partial charge >= 0.3 is 0 Å². The molecule has 28 heavy (non-hydrogen) atoms. The summed E-state index contributed by atoms with van der Waals surface area (Å²) in [6.07, 6.45) is 1.81. The van der Waals surface area contributed by atoms with Gasteiger partial charge in [-0.2, -0.15) is 4.98 Å². The molecule has 1 fully saturated rings. The van der Waals surface area contributed by atoms with Crippen LogP contribution in [-0.4, -0.2) is 41.0 Å². The van der Waals surface area contributed by atoms with Crippen LogP contribution >= 0.6 is 11.6 Å². The first kappa shape index (κ1) is 18.7. The van der Waals surface area contributed by atoms with E-state index in [-0.39, 0.29) is 0 Å². The Morgan fingerprint density at radius 1 is 0.893 bits per heavy atom. The van der Waals surface area contributed by atoms with Gasteiger partial charge < -0.3 is 10.2 Å². The lowest BCUT2D eigenvalue weighted by molar-refractivity contribution is 0.248. The third kappa shape index (κ3) is 4.80. The predicted octanol–water partition coefficient (Wildman–Crippen LogP) is 4.06. The number of hydrogen-bond donors (Lipinski definition) is 1. The number of nitrogens with zero attached hydrogens (tertiary/aromatic N) is 4. The molecule has 2 aromatic carbocycles. The lowest BCUT2D eigenvalue weighted by Crippen LogP contribution is -2.46. The molecule has 0 atom stereocenters. The van der Waals surface area contributed by atoms with Gasteiger partial charge in [-0.1, -0.05) is 60.1 Å². The number of aromatic nitrogens is 2. The average molecular weight is 394 g/mol. The van der Waals surface area contributed by atoms with Crippen molar-refractivity contribution in [1.82, 2.24) is 14.9 Å². The molecule has 144 valence electrons. The number of benzene rings is 2. The number of anilines is 2. The summed E-state index contributed by atoms with van der Waals surface area (Å²) in [5, 5.41) is 4.11. The zero-order valence-corrected chi connectivity index (χ0v) is 16.5. The van der Waals surface area contributed by atoms with E-state index >= 15 is 0 Å². The Morgan fingerprint density at radius 3 is 2.43 bits per heavy atom. The fourth-order valence-corrected chi connectivity index (χ4v) is 3.58. The normalized spacial score (nSPS) is 14.8. The standard InChI is InChI=1S/C22H24ClN5/c23-20-9-5-4-8-19(20)16-25-21-10-11-24-22(26-21)28-14-12-27(13-15-28)17-18-6-2-1-3-7-18/h1-11H,12-17H2,(H,24,25,26). The average Bonchev–Trinajstić information content (AvgIpc) is 2.75. The van der Waals surface area contributed by atoms with Gasteiger partial charge in [0, 0.05) is 50.5 Å². The van der Waals surface area contributed by atoms with Crippen molar-refractivity contribution in [3.05, 3.63) is 83.0 Å². The van der Waals surface area contributed by atoms with E-state index in [1.54, 1.807) is 0 Å². The third-order valence-electron chi connectivity index (χ3n) is 4.96. The summed E-state index contributed by atoms with van der Waals surface area (Å²) in [4.78, 5) is 13.9. The number of rotatable bonds is 6. The van der Waals surface area contributed by atoms with Crippen LogP contribution < -0.4 is 10.2 Å². The molecule has 2 heterocycles. The van der Waals surface area contributed by atoms with Gasteiger partial charge in [0.05, 0.1) is 0 Å². The highest BCUT2D eigenvalue weighted by Crippen LogP contribution is 2.18. The Labute approximate surface area is 171 Å². The Hall–Kier alpha value is -2.63. The summed E-state index contributed by atoms with van der Waals surface area (Å²) in [6.45, 7) is 5.52. The van der Waals surface area contributed by atoms with E-state index in [9.17, 15) is 0 Å². The molecule has 0 spiro atoms. The fraction of sp³-hybridized carbons (Fsp3) is 0.273. The molecular weight excluding hydrogens is 370 g/mol. The van der Waals surface area contributed by atoms with Crippen LogP contribution in [0.25, 0.3) is 0 Å². The maximum Gasteiger partial charge on any atom is 0.227 e.